The van der Waals surface area contributed by atoms with E-state index in [1.165, 1.54) is 0 Å². The summed E-state index contributed by atoms with van der Waals surface area (Å²) >= 11 is 4.95. The first-order valence-corrected chi connectivity index (χ1v) is 5.60. The minimum absolute atomic E-state index is 0.0406. The van der Waals surface area contributed by atoms with Gasteiger partial charge in [-0.3, -0.25) is 0 Å². The van der Waals surface area contributed by atoms with Crippen LogP contribution in [-0.4, -0.2) is 43.4 Å². The topological polar surface area (TPSA) is 69.4 Å². The quantitative estimate of drug-likeness (QED) is 0.702. The fourth-order valence-corrected chi connectivity index (χ4v) is 1.52. The van der Waals surface area contributed by atoms with Crippen molar-refractivity contribution in [3.63, 3.8) is 0 Å². The van der Waals surface area contributed by atoms with Gasteiger partial charge in [-0.2, -0.15) is 0 Å². The monoisotopic (exact) mass is 255 g/mol. The standard InChI is InChI=1S/C11H17N3O2S/c1-15-7-8(16-2)6-14-11-9(10(12)17)4-3-5-13-11/h3-5,8H,6-7H2,1-2H3,(H2,12,17)(H,13,14). The van der Waals surface area contributed by atoms with Gasteiger partial charge in [-0.25, -0.2) is 4.98 Å². The maximum atomic E-state index is 5.61. The molecular formula is C11H17N3O2S. The van der Waals surface area contributed by atoms with E-state index >= 15 is 0 Å². The van der Waals surface area contributed by atoms with Crippen LogP contribution >= 0.6 is 12.2 Å². The van der Waals surface area contributed by atoms with Crippen molar-refractivity contribution in [3.05, 3.63) is 23.9 Å². The third kappa shape index (κ3) is 4.26. The fourth-order valence-electron chi connectivity index (χ4n) is 1.35. The molecule has 0 spiro atoms. The van der Waals surface area contributed by atoms with Crippen molar-refractivity contribution < 1.29 is 9.47 Å². The highest BCUT2D eigenvalue weighted by Crippen LogP contribution is 2.11. The second kappa shape index (κ2) is 7.16. The van der Waals surface area contributed by atoms with E-state index in [9.17, 15) is 0 Å². The maximum absolute atomic E-state index is 5.61. The summed E-state index contributed by atoms with van der Waals surface area (Å²) in [5.41, 5.74) is 6.34. The van der Waals surface area contributed by atoms with Gasteiger partial charge in [0.2, 0.25) is 0 Å². The number of rotatable bonds is 7. The second-order valence-electron chi connectivity index (χ2n) is 3.46. The molecule has 0 bridgehead atoms. The van der Waals surface area contributed by atoms with Crippen molar-refractivity contribution in [2.75, 3.05) is 32.7 Å². The smallest absolute Gasteiger partial charge is 0.136 e. The molecule has 17 heavy (non-hydrogen) atoms. The molecule has 94 valence electrons. The van der Waals surface area contributed by atoms with E-state index in [2.05, 4.69) is 10.3 Å². The van der Waals surface area contributed by atoms with E-state index in [-0.39, 0.29) is 6.10 Å². The van der Waals surface area contributed by atoms with E-state index < -0.39 is 0 Å². The highest BCUT2D eigenvalue weighted by atomic mass is 32.1. The van der Waals surface area contributed by atoms with Gasteiger partial charge in [0, 0.05) is 27.0 Å². The van der Waals surface area contributed by atoms with Crippen LogP contribution in [0.5, 0.6) is 0 Å². The Morgan fingerprint density at radius 2 is 2.35 bits per heavy atom. The molecule has 1 aromatic rings. The summed E-state index contributed by atoms with van der Waals surface area (Å²) in [4.78, 5) is 4.51. The fraction of sp³-hybridized carbons (Fsp3) is 0.455. The largest absolute Gasteiger partial charge is 0.389 e. The van der Waals surface area contributed by atoms with Gasteiger partial charge < -0.3 is 20.5 Å². The molecule has 0 aliphatic heterocycles. The first-order chi connectivity index (χ1) is 8.19. The van der Waals surface area contributed by atoms with Crippen molar-refractivity contribution >= 4 is 23.0 Å². The number of hydrogen-bond acceptors (Lipinski definition) is 5. The molecule has 0 amide bonds. The molecule has 5 nitrogen and oxygen atoms in total. The molecular weight excluding hydrogens is 238 g/mol. The molecule has 1 atom stereocenters. The van der Waals surface area contributed by atoms with Gasteiger partial charge in [-0.05, 0) is 12.1 Å². The number of nitrogens with two attached hydrogens (primary N) is 1. The predicted octanol–water partition coefficient (Wildman–Crippen LogP) is 0.789. The molecule has 0 fully saturated rings. The Balaban J connectivity index is 2.65. The lowest BCUT2D eigenvalue weighted by Crippen LogP contribution is -2.27. The SMILES string of the molecule is COCC(CNc1ncccc1C(N)=S)OC. The molecule has 0 saturated carbocycles. The van der Waals surface area contributed by atoms with Crippen molar-refractivity contribution in [1.82, 2.24) is 4.98 Å². The van der Waals surface area contributed by atoms with Crippen molar-refractivity contribution in [2.24, 2.45) is 5.73 Å². The Labute approximate surface area is 106 Å². The minimum Gasteiger partial charge on any atom is -0.389 e. The molecule has 0 saturated heterocycles. The molecule has 1 aromatic heterocycles. The zero-order chi connectivity index (χ0) is 12.7. The lowest BCUT2D eigenvalue weighted by Gasteiger charge is -2.16. The van der Waals surface area contributed by atoms with Crippen LogP contribution < -0.4 is 11.1 Å². The lowest BCUT2D eigenvalue weighted by molar-refractivity contribution is 0.0365. The highest BCUT2D eigenvalue weighted by Gasteiger charge is 2.10. The molecule has 6 heteroatoms. The average molecular weight is 255 g/mol. The third-order valence-electron chi connectivity index (χ3n) is 2.26. The number of pyridine rings is 1. The summed E-state index contributed by atoms with van der Waals surface area (Å²) in [5, 5.41) is 3.15. The van der Waals surface area contributed by atoms with Crippen LogP contribution in [0.4, 0.5) is 5.82 Å². The van der Waals surface area contributed by atoms with Crippen LogP contribution in [0.1, 0.15) is 5.56 Å². The summed E-state index contributed by atoms with van der Waals surface area (Å²) in [5.74, 6) is 0.665. The van der Waals surface area contributed by atoms with Crippen molar-refractivity contribution in [3.8, 4) is 0 Å². The first kappa shape index (κ1) is 13.8. The zero-order valence-corrected chi connectivity index (χ0v) is 10.8. The highest BCUT2D eigenvalue weighted by molar-refractivity contribution is 7.80. The van der Waals surface area contributed by atoms with Gasteiger partial charge in [0.1, 0.15) is 10.8 Å². The number of aromatic nitrogens is 1. The Hall–Kier alpha value is -1.24. The van der Waals surface area contributed by atoms with Gasteiger partial charge in [0.25, 0.3) is 0 Å². The molecule has 1 rings (SSSR count). The number of thiocarbonyl (C=S) groups is 1. The van der Waals surface area contributed by atoms with Crippen molar-refractivity contribution in [2.45, 2.75) is 6.10 Å². The van der Waals surface area contributed by atoms with Gasteiger partial charge in [0.05, 0.1) is 18.3 Å². The number of hydrogen-bond donors (Lipinski definition) is 2. The summed E-state index contributed by atoms with van der Waals surface area (Å²) in [7, 11) is 3.27. The van der Waals surface area contributed by atoms with Crippen LogP contribution in [-0.2, 0) is 9.47 Å². The molecule has 0 aliphatic carbocycles. The second-order valence-corrected chi connectivity index (χ2v) is 3.90. The maximum Gasteiger partial charge on any atom is 0.136 e. The van der Waals surface area contributed by atoms with E-state index in [1.54, 1.807) is 26.5 Å². The van der Waals surface area contributed by atoms with Crippen LogP contribution in [0.3, 0.4) is 0 Å². The predicted molar refractivity (Wildman–Crippen MR) is 71.3 cm³/mol. The molecule has 0 aromatic carbocycles. The first-order valence-electron chi connectivity index (χ1n) is 5.19. The van der Waals surface area contributed by atoms with Crippen LogP contribution in [0.2, 0.25) is 0 Å². The Morgan fingerprint density at radius 3 is 2.94 bits per heavy atom. The summed E-state index contributed by atoms with van der Waals surface area (Å²) in [6.07, 6.45) is 1.64. The summed E-state index contributed by atoms with van der Waals surface area (Å²) in [6.45, 7) is 1.09. The van der Waals surface area contributed by atoms with Gasteiger partial charge >= 0.3 is 0 Å². The van der Waals surface area contributed by atoms with Crippen LogP contribution in [0.25, 0.3) is 0 Å². The molecule has 0 aliphatic rings. The number of methoxy groups -OCH3 is 2. The average Bonchev–Trinajstić information content (AvgIpc) is 2.34. The van der Waals surface area contributed by atoms with E-state index in [0.717, 1.165) is 5.56 Å². The van der Waals surface area contributed by atoms with Gasteiger partial charge in [-0.15, -0.1) is 0 Å². The number of ether oxygens (including phenoxy) is 2. The van der Waals surface area contributed by atoms with Crippen LogP contribution in [0, 0.1) is 0 Å². The minimum atomic E-state index is -0.0406. The van der Waals surface area contributed by atoms with E-state index in [1.807, 2.05) is 6.07 Å². The third-order valence-corrected chi connectivity index (χ3v) is 2.48. The molecule has 1 unspecified atom stereocenters. The normalized spacial score (nSPS) is 12.1. The van der Waals surface area contributed by atoms with E-state index in [4.69, 9.17) is 27.4 Å². The summed E-state index contributed by atoms with van der Waals surface area (Å²) in [6, 6.07) is 3.62. The number of nitrogens with zero attached hydrogens (tertiary/aromatic N) is 1. The number of nitrogens with one attached hydrogen (secondary N) is 1. The lowest BCUT2D eigenvalue weighted by atomic mass is 10.2. The molecule has 3 N–H and O–H groups in total. The Kier molecular flexibility index (Phi) is 5.82. The van der Waals surface area contributed by atoms with Crippen molar-refractivity contribution in [1.29, 1.82) is 0 Å². The Bertz CT molecular complexity index is 373. The van der Waals surface area contributed by atoms with Gasteiger partial charge in [-0.1, -0.05) is 12.2 Å². The number of anilines is 1. The van der Waals surface area contributed by atoms with Gasteiger partial charge in [0.15, 0.2) is 0 Å². The molecule has 0 radical (unpaired) electrons. The zero-order valence-electron chi connectivity index (χ0n) is 9.97. The molecule has 1 heterocycles. The van der Waals surface area contributed by atoms with E-state index in [0.29, 0.717) is 24.0 Å². The summed E-state index contributed by atoms with van der Waals surface area (Å²) < 4.78 is 10.3. The Morgan fingerprint density at radius 1 is 1.59 bits per heavy atom. The van der Waals surface area contributed by atoms with Crippen LogP contribution in [0.15, 0.2) is 18.3 Å².